The first kappa shape index (κ1) is 15.3. The zero-order valence-electron chi connectivity index (χ0n) is 13.6. The highest BCUT2D eigenvalue weighted by Gasteiger charge is 2.54. The molecule has 3 atom stereocenters. The van der Waals surface area contributed by atoms with Crippen LogP contribution in [0.5, 0.6) is 0 Å². The number of ether oxygens (including phenoxy) is 3. The highest BCUT2D eigenvalue weighted by atomic mass is 16.5. The molecular weight excluding hydrogens is 280 g/mol. The Kier molecular flexibility index (Phi) is 4.69. The summed E-state index contributed by atoms with van der Waals surface area (Å²) in [7, 11) is 0. The fourth-order valence-electron chi connectivity index (χ4n) is 5.28. The van der Waals surface area contributed by atoms with Gasteiger partial charge in [0, 0.05) is 44.9 Å². The molecule has 0 aromatic rings. The molecule has 126 valence electrons. The smallest absolute Gasteiger partial charge is 0.0657 e. The molecule has 4 rings (SSSR count). The maximum absolute atomic E-state index is 6.08. The minimum absolute atomic E-state index is 0.176. The second-order valence-corrected chi connectivity index (χ2v) is 7.33. The van der Waals surface area contributed by atoms with Gasteiger partial charge in [0.2, 0.25) is 0 Å². The van der Waals surface area contributed by atoms with E-state index >= 15 is 0 Å². The van der Waals surface area contributed by atoms with Crippen LogP contribution in [0.15, 0.2) is 0 Å². The van der Waals surface area contributed by atoms with Gasteiger partial charge in [-0.15, -0.1) is 0 Å². The van der Waals surface area contributed by atoms with Crippen molar-refractivity contribution in [2.75, 3.05) is 59.3 Å². The lowest BCUT2D eigenvalue weighted by Gasteiger charge is -2.57. The van der Waals surface area contributed by atoms with Gasteiger partial charge in [0.05, 0.1) is 25.4 Å². The van der Waals surface area contributed by atoms with Gasteiger partial charge in [0.1, 0.15) is 0 Å². The molecule has 1 N–H and O–H groups in total. The number of morpholine rings is 1. The molecule has 22 heavy (non-hydrogen) atoms. The van der Waals surface area contributed by atoms with Gasteiger partial charge in [-0.3, -0.25) is 4.90 Å². The molecule has 0 aromatic heterocycles. The summed E-state index contributed by atoms with van der Waals surface area (Å²) in [6.45, 7) is 8.82. The molecule has 0 bridgehead atoms. The molecule has 0 radical (unpaired) electrons. The summed E-state index contributed by atoms with van der Waals surface area (Å²) >= 11 is 0. The lowest BCUT2D eigenvalue weighted by molar-refractivity contribution is -0.156. The molecule has 0 saturated carbocycles. The Labute approximate surface area is 133 Å². The van der Waals surface area contributed by atoms with Crippen molar-refractivity contribution >= 4 is 0 Å². The van der Waals surface area contributed by atoms with Crippen molar-refractivity contribution in [3.05, 3.63) is 0 Å². The molecule has 0 aliphatic carbocycles. The molecule has 4 heterocycles. The molecule has 0 spiro atoms. The SMILES string of the molecule is C1CC(N2CCOCC2(C2CCOCC2)C2CCOC2)CN1. The van der Waals surface area contributed by atoms with Gasteiger partial charge < -0.3 is 19.5 Å². The van der Waals surface area contributed by atoms with E-state index in [0.29, 0.717) is 17.9 Å². The van der Waals surface area contributed by atoms with E-state index < -0.39 is 0 Å². The minimum Gasteiger partial charge on any atom is -0.381 e. The van der Waals surface area contributed by atoms with E-state index in [1.54, 1.807) is 0 Å². The van der Waals surface area contributed by atoms with Crippen LogP contribution in [-0.4, -0.2) is 75.8 Å². The summed E-state index contributed by atoms with van der Waals surface area (Å²) in [5.41, 5.74) is 0.176. The first-order valence-electron chi connectivity index (χ1n) is 9.12. The Balaban J connectivity index is 1.65. The minimum atomic E-state index is 0.176. The lowest BCUT2D eigenvalue weighted by Crippen LogP contribution is -2.68. The van der Waals surface area contributed by atoms with Gasteiger partial charge in [-0.05, 0) is 38.1 Å². The van der Waals surface area contributed by atoms with E-state index in [1.807, 2.05) is 0 Å². The van der Waals surface area contributed by atoms with E-state index in [9.17, 15) is 0 Å². The third-order valence-electron chi connectivity index (χ3n) is 6.38. The van der Waals surface area contributed by atoms with Gasteiger partial charge in [0.15, 0.2) is 0 Å². The van der Waals surface area contributed by atoms with Crippen molar-refractivity contribution in [3.63, 3.8) is 0 Å². The molecule has 4 aliphatic heterocycles. The number of hydrogen-bond donors (Lipinski definition) is 1. The van der Waals surface area contributed by atoms with E-state index in [-0.39, 0.29) is 5.54 Å². The first-order valence-corrected chi connectivity index (χ1v) is 9.12. The summed E-state index contributed by atoms with van der Waals surface area (Å²) in [6, 6.07) is 0.673. The van der Waals surface area contributed by atoms with Crippen LogP contribution in [0, 0.1) is 11.8 Å². The van der Waals surface area contributed by atoms with Crippen LogP contribution in [0.3, 0.4) is 0 Å². The van der Waals surface area contributed by atoms with Gasteiger partial charge in [0.25, 0.3) is 0 Å². The maximum atomic E-state index is 6.08. The Hall–Kier alpha value is -0.200. The molecule has 4 saturated heterocycles. The summed E-state index contributed by atoms with van der Waals surface area (Å²) in [5.74, 6) is 1.31. The van der Waals surface area contributed by atoms with E-state index in [2.05, 4.69) is 10.2 Å². The Bertz CT molecular complexity index is 363. The highest BCUT2D eigenvalue weighted by Crippen LogP contribution is 2.45. The van der Waals surface area contributed by atoms with Crippen LogP contribution >= 0.6 is 0 Å². The Morgan fingerprint density at radius 1 is 0.864 bits per heavy atom. The molecule has 3 unspecified atom stereocenters. The van der Waals surface area contributed by atoms with E-state index in [1.165, 1.54) is 25.7 Å². The van der Waals surface area contributed by atoms with Crippen molar-refractivity contribution in [2.24, 2.45) is 11.8 Å². The van der Waals surface area contributed by atoms with Crippen LogP contribution in [0.2, 0.25) is 0 Å². The largest absolute Gasteiger partial charge is 0.381 e. The molecule has 5 heteroatoms. The summed E-state index contributed by atoms with van der Waals surface area (Å²) < 4.78 is 17.5. The second kappa shape index (κ2) is 6.73. The summed E-state index contributed by atoms with van der Waals surface area (Å²) in [5, 5.41) is 3.56. The highest BCUT2D eigenvalue weighted by molar-refractivity contribution is 5.07. The van der Waals surface area contributed by atoms with E-state index in [0.717, 1.165) is 59.3 Å². The van der Waals surface area contributed by atoms with Gasteiger partial charge in [-0.1, -0.05) is 0 Å². The number of rotatable bonds is 3. The predicted molar refractivity (Wildman–Crippen MR) is 84.0 cm³/mol. The Morgan fingerprint density at radius 3 is 2.41 bits per heavy atom. The number of nitrogens with zero attached hydrogens (tertiary/aromatic N) is 1. The molecule has 4 aliphatic rings. The van der Waals surface area contributed by atoms with Crippen LogP contribution in [-0.2, 0) is 14.2 Å². The van der Waals surface area contributed by atoms with Gasteiger partial charge >= 0.3 is 0 Å². The van der Waals surface area contributed by atoms with Crippen molar-refractivity contribution < 1.29 is 14.2 Å². The average molecular weight is 310 g/mol. The topological polar surface area (TPSA) is 43.0 Å². The van der Waals surface area contributed by atoms with Gasteiger partial charge in [-0.2, -0.15) is 0 Å². The summed E-state index contributed by atoms with van der Waals surface area (Å²) in [4.78, 5) is 2.84. The number of nitrogens with one attached hydrogen (secondary N) is 1. The third-order valence-corrected chi connectivity index (χ3v) is 6.38. The van der Waals surface area contributed by atoms with Crippen LogP contribution in [0.25, 0.3) is 0 Å². The maximum Gasteiger partial charge on any atom is 0.0657 e. The lowest BCUT2D eigenvalue weighted by atomic mass is 9.68. The van der Waals surface area contributed by atoms with E-state index in [4.69, 9.17) is 14.2 Å². The monoisotopic (exact) mass is 310 g/mol. The van der Waals surface area contributed by atoms with Crippen LogP contribution in [0.1, 0.15) is 25.7 Å². The molecule has 4 fully saturated rings. The first-order chi connectivity index (χ1) is 10.9. The van der Waals surface area contributed by atoms with Gasteiger partial charge in [-0.25, -0.2) is 0 Å². The molecule has 5 nitrogen and oxygen atoms in total. The zero-order chi connectivity index (χ0) is 14.8. The summed E-state index contributed by atoms with van der Waals surface area (Å²) in [6.07, 6.45) is 4.82. The van der Waals surface area contributed by atoms with Crippen molar-refractivity contribution in [3.8, 4) is 0 Å². The average Bonchev–Trinajstić information content (AvgIpc) is 3.29. The van der Waals surface area contributed by atoms with Crippen molar-refractivity contribution in [1.82, 2.24) is 10.2 Å². The zero-order valence-corrected chi connectivity index (χ0v) is 13.6. The third kappa shape index (κ3) is 2.61. The Morgan fingerprint density at radius 2 is 1.68 bits per heavy atom. The van der Waals surface area contributed by atoms with Crippen molar-refractivity contribution in [2.45, 2.75) is 37.3 Å². The molecule has 0 amide bonds. The molecule has 0 aromatic carbocycles. The van der Waals surface area contributed by atoms with Crippen LogP contribution < -0.4 is 5.32 Å². The van der Waals surface area contributed by atoms with Crippen LogP contribution in [0.4, 0.5) is 0 Å². The normalized spacial score (nSPS) is 42.0. The standard InChI is InChI=1S/C17H30N2O3/c1-5-18-11-16(1)19-6-10-22-13-17(19,15-4-9-21-12-15)14-2-7-20-8-3-14/h14-16,18H,1-13H2. The van der Waals surface area contributed by atoms with Crippen molar-refractivity contribution in [1.29, 1.82) is 0 Å². The fourth-order valence-corrected chi connectivity index (χ4v) is 5.28. The quantitative estimate of drug-likeness (QED) is 0.838. The fraction of sp³-hybridized carbons (Fsp3) is 1.00. The predicted octanol–water partition coefficient (Wildman–Crippen LogP) is 0.882. The number of hydrogen-bond acceptors (Lipinski definition) is 5. The second-order valence-electron chi connectivity index (χ2n) is 7.33. The molecular formula is C17H30N2O3.